The Balaban J connectivity index is 1.75. The number of benzene rings is 2. The predicted octanol–water partition coefficient (Wildman–Crippen LogP) is 2.72. The first-order chi connectivity index (χ1) is 11.0. The second-order valence-corrected chi connectivity index (χ2v) is 5.75. The molecule has 5 nitrogen and oxygen atoms in total. The van der Waals surface area contributed by atoms with Crippen molar-refractivity contribution in [3.05, 3.63) is 59.9 Å². The van der Waals surface area contributed by atoms with Gasteiger partial charge < -0.3 is 16.4 Å². The lowest BCUT2D eigenvalue weighted by Crippen LogP contribution is -2.24. The van der Waals surface area contributed by atoms with E-state index in [9.17, 15) is 14.0 Å². The zero-order chi connectivity index (χ0) is 16.7. The lowest BCUT2D eigenvalue weighted by atomic mass is 10.2. The van der Waals surface area contributed by atoms with Crippen molar-refractivity contribution >= 4 is 29.4 Å². The number of anilines is 1. The Labute approximate surface area is 137 Å². The molecule has 0 unspecified atom stereocenters. The van der Waals surface area contributed by atoms with Crippen LogP contribution in [0.4, 0.5) is 14.9 Å². The molecule has 23 heavy (non-hydrogen) atoms. The van der Waals surface area contributed by atoms with Crippen molar-refractivity contribution in [3.8, 4) is 0 Å². The van der Waals surface area contributed by atoms with Gasteiger partial charge in [-0.3, -0.25) is 4.79 Å². The molecule has 0 aliphatic carbocycles. The molecule has 0 fully saturated rings. The summed E-state index contributed by atoms with van der Waals surface area (Å²) in [5, 5.41) is 5.26. The van der Waals surface area contributed by atoms with Crippen LogP contribution in [0.25, 0.3) is 0 Å². The number of rotatable bonds is 6. The Morgan fingerprint density at radius 2 is 1.70 bits per heavy atom. The van der Waals surface area contributed by atoms with E-state index in [0.29, 0.717) is 12.2 Å². The van der Waals surface area contributed by atoms with Crippen LogP contribution in [0.15, 0.2) is 53.4 Å². The lowest BCUT2D eigenvalue weighted by molar-refractivity contribution is -0.118. The second kappa shape index (κ2) is 8.19. The molecule has 0 atom stereocenters. The molecule has 3 amide bonds. The predicted molar refractivity (Wildman–Crippen MR) is 88.6 cm³/mol. The van der Waals surface area contributed by atoms with Crippen molar-refractivity contribution in [2.24, 2.45) is 5.73 Å². The number of nitrogens with one attached hydrogen (secondary N) is 2. The first-order valence-corrected chi connectivity index (χ1v) is 7.82. The molecule has 0 aromatic heterocycles. The fourth-order valence-corrected chi connectivity index (χ4v) is 2.51. The second-order valence-electron chi connectivity index (χ2n) is 4.71. The van der Waals surface area contributed by atoms with Crippen molar-refractivity contribution in [3.63, 3.8) is 0 Å². The molecule has 0 aliphatic heterocycles. The number of urea groups is 1. The van der Waals surface area contributed by atoms with Gasteiger partial charge in [-0.1, -0.05) is 12.1 Å². The van der Waals surface area contributed by atoms with E-state index in [1.165, 1.54) is 23.9 Å². The summed E-state index contributed by atoms with van der Waals surface area (Å²) >= 11 is 1.34. The van der Waals surface area contributed by atoms with Gasteiger partial charge in [0.15, 0.2) is 0 Å². The Bertz CT molecular complexity index is 675. The van der Waals surface area contributed by atoms with Crippen LogP contribution in [0.3, 0.4) is 0 Å². The topological polar surface area (TPSA) is 84.2 Å². The van der Waals surface area contributed by atoms with E-state index in [-0.39, 0.29) is 17.5 Å². The van der Waals surface area contributed by atoms with E-state index < -0.39 is 6.03 Å². The van der Waals surface area contributed by atoms with Crippen LogP contribution in [-0.2, 0) is 11.3 Å². The van der Waals surface area contributed by atoms with E-state index in [1.807, 2.05) is 0 Å². The standard InChI is InChI=1S/C16H16FN3O2S/c17-12-3-7-14(8-4-12)23-10-15(21)19-9-11-1-5-13(6-2-11)20-16(18)22/h1-8H,9-10H2,(H,19,21)(H3,18,20,22). The highest BCUT2D eigenvalue weighted by atomic mass is 32.2. The van der Waals surface area contributed by atoms with Crippen LogP contribution in [0, 0.1) is 5.82 Å². The average molecular weight is 333 g/mol. The van der Waals surface area contributed by atoms with Crippen molar-refractivity contribution in [2.75, 3.05) is 11.1 Å². The van der Waals surface area contributed by atoms with Gasteiger partial charge in [0.2, 0.25) is 5.91 Å². The fraction of sp³-hybridized carbons (Fsp3) is 0.125. The zero-order valence-electron chi connectivity index (χ0n) is 12.2. The van der Waals surface area contributed by atoms with Gasteiger partial charge in [0.1, 0.15) is 5.82 Å². The summed E-state index contributed by atoms with van der Waals surface area (Å²) in [6, 6.07) is 12.4. The Morgan fingerprint density at radius 3 is 2.30 bits per heavy atom. The number of nitrogens with two attached hydrogens (primary N) is 1. The smallest absolute Gasteiger partial charge is 0.316 e. The van der Waals surface area contributed by atoms with Gasteiger partial charge in [0.25, 0.3) is 0 Å². The maximum absolute atomic E-state index is 12.8. The van der Waals surface area contributed by atoms with Gasteiger partial charge >= 0.3 is 6.03 Å². The van der Waals surface area contributed by atoms with Gasteiger partial charge in [-0.2, -0.15) is 0 Å². The van der Waals surface area contributed by atoms with Crippen molar-refractivity contribution in [1.29, 1.82) is 0 Å². The van der Waals surface area contributed by atoms with Crippen molar-refractivity contribution in [1.82, 2.24) is 5.32 Å². The van der Waals surface area contributed by atoms with E-state index in [1.54, 1.807) is 36.4 Å². The van der Waals surface area contributed by atoms with Gasteiger partial charge in [-0.05, 0) is 42.0 Å². The number of carbonyl (C=O) groups excluding carboxylic acids is 2. The number of primary amides is 1. The molecule has 2 rings (SSSR count). The quantitative estimate of drug-likeness (QED) is 0.711. The highest BCUT2D eigenvalue weighted by molar-refractivity contribution is 8.00. The number of hydrogen-bond acceptors (Lipinski definition) is 3. The summed E-state index contributed by atoms with van der Waals surface area (Å²) in [5.41, 5.74) is 6.52. The first-order valence-electron chi connectivity index (χ1n) is 6.83. The Morgan fingerprint density at radius 1 is 1.04 bits per heavy atom. The van der Waals surface area contributed by atoms with Crippen LogP contribution in [0.1, 0.15) is 5.56 Å². The van der Waals surface area contributed by atoms with Crippen LogP contribution < -0.4 is 16.4 Å². The molecule has 0 spiro atoms. The maximum atomic E-state index is 12.8. The first kappa shape index (κ1) is 16.8. The van der Waals surface area contributed by atoms with Gasteiger partial charge in [-0.25, -0.2) is 9.18 Å². The molecular weight excluding hydrogens is 317 g/mol. The number of thioether (sulfide) groups is 1. The number of halogens is 1. The Kier molecular flexibility index (Phi) is 5.99. The van der Waals surface area contributed by atoms with E-state index in [0.717, 1.165) is 10.5 Å². The van der Waals surface area contributed by atoms with Crippen LogP contribution >= 0.6 is 11.8 Å². The van der Waals surface area contributed by atoms with Crippen molar-refractivity contribution in [2.45, 2.75) is 11.4 Å². The largest absolute Gasteiger partial charge is 0.351 e. The summed E-state index contributed by atoms with van der Waals surface area (Å²) in [7, 11) is 0. The molecule has 4 N–H and O–H groups in total. The summed E-state index contributed by atoms with van der Waals surface area (Å²) in [6.07, 6.45) is 0. The molecule has 0 aliphatic rings. The molecule has 0 heterocycles. The third-order valence-corrected chi connectivity index (χ3v) is 3.91. The normalized spacial score (nSPS) is 10.1. The SMILES string of the molecule is NC(=O)Nc1ccc(CNC(=O)CSc2ccc(F)cc2)cc1. The lowest BCUT2D eigenvalue weighted by Gasteiger charge is -2.07. The number of hydrogen-bond donors (Lipinski definition) is 3. The molecule has 0 saturated carbocycles. The van der Waals surface area contributed by atoms with Gasteiger partial charge in [0, 0.05) is 17.1 Å². The van der Waals surface area contributed by atoms with E-state index in [4.69, 9.17) is 5.73 Å². The molecule has 7 heteroatoms. The Hall–Kier alpha value is -2.54. The highest BCUT2D eigenvalue weighted by Gasteiger charge is 2.04. The summed E-state index contributed by atoms with van der Waals surface area (Å²) in [5.74, 6) is -0.154. The molecule has 0 bridgehead atoms. The summed E-state index contributed by atoms with van der Waals surface area (Å²) in [6.45, 7) is 0.389. The molecule has 2 aromatic rings. The molecule has 2 aromatic carbocycles. The van der Waals surface area contributed by atoms with Crippen LogP contribution in [0.5, 0.6) is 0 Å². The average Bonchev–Trinajstić information content (AvgIpc) is 2.53. The van der Waals surface area contributed by atoms with Crippen molar-refractivity contribution < 1.29 is 14.0 Å². The monoisotopic (exact) mass is 333 g/mol. The number of amides is 3. The van der Waals surface area contributed by atoms with Gasteiger partial charge in [-0.15, -0.1) is 11.8 Å². The van der Waals surface area contributed by atoms with Crippen LogP contribution in [-0.4, -0.2) is 17.7 Å². The minimum absolute atomic E-state index is 0.112. The van der Waals surface area contributed by atoms with Gasteiger partial charge in [0.05, 0.1) is 5.75 Å². The zero-order valence-corrected chi connectivity index (χ0v) is 13.0. The minimum atomic E-state index is -0.621. The summed E-state index contributed by atoms with van der Waals surface area (Å²) in [4.78, 5) is 23.3. The minimum Gasteiger partial charge on any atom is -0.351 e. The third kappa shape index (κ3) is 5.99. The molecule has 0 radical (unpaired) electrons. The third-order valence-electron chi connectivity index (χ3n) is 2.89. The molecular formula is C16H16FN3O2S. The maximum Gasteiger partial charge on any atom is 0.316 e. The number of carbonyl (C=O) groups is 2. The summed E-state index contributed by atoms with van der Waals surface area (Å²) < 4.78 is 12.8. The van der Waals surface area contributed by atoms with E-state index >= 15 is 0 Å². The van der Waals surface area contributed by atoms with E-state index in [2.05, 4.69) is 10.6 Å². The molecule has 120 valence electrons. The highest BCUT2D eigenvalue weighted by Crippen LogP contribution is 2.17. The fourth-order valence-electron chi connectivity index (χ4n) is 1.78. The van der Waals surface area contributed by atoms with Crippen LogP contribution in [0.2, 0.25) is 0 Å². The molecule has 0 saturated heterocycles.